The molecular formula is C18H20BrN3O. The maximum absolute atomic E-state index is 5.79. The lowest BCUT2D eigenvalue weighted by molar-refractivity contribution is 0.133. The molecule has 1 aromatic carbocycles. The van der Waals surface area contributed by atoms with Gasteiger partial charge in [-0.15, -0.1) is 0 Å². The quantitative estimate of drug-likeness (QED) is 0.815. The highest BCUT2D eigenvalue weighted by Crippen LogP contribution is 2.29. The van der Waals surface area contributed by atoms with Crippen LogP contribution in [0.4, 0.5) is 0 Å². The van der Waals surface area contributed by atoms with Crippen molar-refractivity contribution in [2.75, 3.05) is 13.1 Å². The maximum atomic E-state index is 5.79. The molecule has 0 N–H and O–H groups in total. The molecule has 4 nitrogen and oxygen atoms in total. The van der Waals surface area contributed by atoms with Crippen molar-refractivity contribution in [3.63, 3.8) is 0 Å². The Hall–Kier alpha value is -1.46. The third-order valence-corrected chi connectivity index (χ3v) is 5.32. The summed E-state index contributed by atoms with van der Waals surface area (Å²) in [4.78, 5) is 11.0. The van der Waals surface area contributed by atoms with Gasteiger partial charge < -0.3 is 4.74 Å². The van der Waals surface area contributed by atoms with E-state index in [2.05, 4.69) is 42.9 Å². The molecule has 1 saturated carbocycles. The second-order valence-corrected chi connectivity index (χ2v) is 7.25. The molecule has 2 heterocycles. The largest absolute Gasteiger partial charge is 0.424 e. The van der Waals surface area contributed by atoms with Crippen LogP contribution < -0.4 is 4.74 Å². The molecule has 0 amide bonds. The van der Waals surface area contributed by atoms with E-state index in [1.54, 1.807) is 12.4 Å². The highest BCUT2D eigenvalue weighted by molar-refractivity contribution is 9.10. The Morgan fingerprint density at radius 2 is 1.78 bits per heavy atom. The van der Waals surface area contributed by atoms with Crippen molar-refractivity contribution in [2.24, 2.45) is 0 Å². The van der Waals surface area contributed by atoms with Crippen LogP contribution in [0.5, 0.6) is 11.8 Å². The van der Waals surface area contributed by atoms with Crippen molar-refractivity contribution < 1.29 is 4.74 Å². The molecule has 0 bridgehead atoms. The molecule has 5 heteroatoms. The van der Waals surface area contributed by atoms with Gasteiger partial charge in [-0.1, -0.05) is 12.5 Å². The summed E-state index contributed by atoms with van der Waals surface area (Å²) in [6, 6.07) is 7.61. The van der Waals surface area contributed by atoms with Crippen LogP contribution in [0.2, 0.25) is 0 Å². The van der Waals surface area contributed by atoms with Crippen molar-refractivity contribution in [1.82, 2.24) is 14.9 Å². The highest BCUT2D eigenvalue weighted by Gasteiger charge is 2.26. The third kappa shape index (κ3) is 3.40. The molecule has 0 atom stereocenters. The summed E-state index contributed by atoms with van der Waals surface area (Å²) in [6.45, 7) is 2.35. The summed E-state index contributed by atoms with van der Waals surface area (Å²) in [5, 5.41) is 0. The zero-order chi connectivity index (χ0) is 15.6. The number of hydrogen-bond acceptors (Lipinski definition) is 4. The number of rotatable bonds is 3. The topological polar surface area (TPSA) is 38.2 Å². The van der Waals surface area contributed by atoms with E-state index >= 15 is 0 Å². The molecule has 0 radical (unpaired) electrons. The Morgan fingerprint density at radius 3 is 2.48 bits per heavy atom. The molecule has 0 spiro atoms. The van der Waals surface area contributed by atoms with Gasteiger partial charge in [-0.3, -0.25) is 4.90 Å². The Bertz CT molecular complexity index is 685. The molecule has 0 unspecified atom stereocenters. The van der Waals surface area contributed by atoms with Gasteiger partial charge in [0.2, 0.25) is 0 Å². The fourth-order valence-electron chi connectivity index (χ4n) is 3.36. The number of aromatic nitrogens is 2. The molecule has 1 aliphatic carbocycles. The van der Waals surface area contributed by atoms with Crippen LogP contribution in [-0.2, 0) is 12.8 Å². The highest BCUT2D eigenvalue weighted by atomic mass is 79.9. The first kappa shape index (κ1) is 15.1. The van der Waals surface area contributed by atoms with Crippen molar-refractivity contribution in [2.45, 2.75) is 38.1 Å². The van der Waals surface area contributed by atoms with Crippen LogP contribution >= 0.6 is 15.9 Å². The number of hydrogen-bond donors (Lipinski definition) is 0. The fraction of sp³-hybridized carbons (Fsp3) is 0.444. The molecule has 4 rings (SSSR count). The Balaban J connectivity index is 1.48. The van der Waals surface area contributed by atoms with Gasteiger partial charge in [0, 0.05) is 31.5 Å². The van der Waals surface area contributed by atoms with Crippen LogP contribution in [0.3, 0.4) is 0 Å². The van der Waals surface area contributed by atoms with Crippen LogP contribution in [0.15, 0.2) is 35.1 Å². The van der Waals surface area contributed by atoms with E-state index in [0.717, 1.165) is 35.7 Å². The Morgan fingerprint density at radius 1 is 1.04 bits per heavy atom. The molecule has 23 heavy (non-hydrogen) atoms. The number of fused-ring (bicyclic) bond motifs is 1. The van der Waals surface area contributed by atoms with E-state index in [4.69, 9.17) is 4.74 Å². The van der Waals surface area contributed by atoms with Crippen molar-refractivity contribution >= 4 is 15.9 Å². The van der Waals surface area contributed by atoms with Crippen LogP contribution in [0, 0.1) is 0 Å². The second-order valence-electron chi connectivity index (χ2n) is 6.34. The third-order valence-electron chi connectivity index (χ3n) is 4.91. The van der Waals surface area contributed by atoms with Crippen LogP contribution in [-0.4, -0.2) is 34.0 Å². The minimum absolute atomic E-state index is 0.387. The summed E-state index contributed by atoms with van der Waals surface area (Å²) >= 11 is 3.33. The smallest absolute Gasteiger partial charge is 0.321 e. The monoisotopic (exact) mass is 373 g/mol. The van der Waals surface area contributed by atoms with Gasteiger partial charge in [0.25, 0.3) is 0 Å². The first-order valence-corrected chi connectivity index (χ1v) is 9.08. The Labute approximate surface area is 145 Å². The number of benzene rings is 1. The van der Waals surface area contributed by atoms with Crippen molar-refractivity contribution in [1.29, 1.82) is 0 Å². The lowest BCUT2D eigenvalue weighted by Crippen LogP contribution is -2.41. The van der Waals surface area contributed by atoms with Crippen molar-refractivity contribution in [3.8, 4) is 11.8 Å². The summed E-state index contributed by atoms with van der Waals surface area (Å²) in [5.41, 5.74) is 2.86. The summed E-state index contributed by atoms with van der Waals surface area (Å²) in [6.07, 6.45) is 9.80. The van der Waals surface area contributed by atoms with Gasteiger partial charge in [0.1, 0.15) is 5.75 Å². The molecule has 1 fully saturated rings. The predicted molar refractivity (Wildman–Crippen MR) is 92.9 cm³/mol. The van der Waals surface area contributed by atoms with Crippen LogP contribution in [0.1, 0.15) is 30.4 Å². The van der Waals surface area contributed by atoms with Gasteiger partial charge in [-0.2, -0.15) is 0 Å². The summed E-state index contributed by atoms with van der Waals surface area (Å²) in [7, 11) is 0. The van der Waals surface area contributed by atoms with Crippen molar-refractivity contribution in [3.05, 3.63) is 46.2 Å². The summed E-state index contributed by atoms with van der Waals surface area (Å²) < 4.78 is 6.64. The molecule has 1 aliphatic heterocycles. The molecule has 1 aromatic heterocycles. The molecule has 120 valence electrons. The predicted octanol–water partition coefficient (Wildman–Crippen LogP) is 3.98. The van der Waals surface area contributed by atoms with Gasteiger partial charge in [0.05, 0.1) is 4.47 Å². The van der Waals surface area contributed by atoms with E-state index < -0.39 is 0 Å². The van der Waals surface area contributed by atoms with Gasteiger partial charge >= 0.3 is 6.01 Å². The number of ether oxygens (including phenoxy) is 1. The average Bonchev–Trinajstić information content (AvgIpc) is 2.71. The molecule has 0 saturated heterocycles. The summed E-state index contributed by atoms with van der Waals surface area (Å²) in [5.74, 6) is 0.822. The van der Waals surface area contributed by atoms with E-state index in [1.165, 1.54) is 36.9 Å². The Kier molecular flexibility index (Phi) is 4.31. The zero-order valence-corrected chi connectivity index (χ0v) is 14.6. The average molecular weight is 374 g/mol. The molecule has 2 aromatic rings. The molecular weight excluding hydrogens is 354 g/mol. The first-order chi connectivity index (χ1) is 11.3. The van der Waals surface area contributed by atoms with Gasteiger partial charge in [0.15, 0.2) is 0 Å². The fourth-order valence-corrected chi connectivity index (χ4v) is 3.56. The van der Waals surface area contributed by atoms with E-state index in [9.17, 15) is 0 Å². The van der Waals surface area contributed by atoms with Gasteiger partial charge in [-0.05, 0) is 64.9 Å². The van der Waals surface area contributed by atoms with E-state index in [1.807, 2.05) is 6.07 Å². The first-order valence-electron chi connectivity index (χ1n) is 8.29. The number of halogens is 1. The molecule has 2 aliphatic rings. The lowest BCUT2D eigenvalue weighted by Gasteiger charge is -2.36. The van der Waals surface area contributed by atoms with E-state index in [0.29, 0.717) is 6.01 Å². The SMILES string of the molecule is Brc1cnc(Oc2ccc3c(c2)CCN(C2CCC2)CC3)nc1. The number of nitrogens with zero attached hydrogens (tertiary/aromatic N) is 3. The standard InChI is InChI=1S/C18H20BrN3O/c19-15-11-20-18(21-12-15)23-17-5-4-13-6-8-22(16-2-1-3-16)9-7-14(13)10-17/h4-5,10-12,16H,1-3,6-9H2. The minimum atomic E-state index is 0.387. The lowest BCUT2D eigenvalue weighted by atomic mass is 9.91. The second kappa shape index (κ2) is 6.57. The minimum Gasteiger partial charge on any atom is -0.424 e. The zero-order valence-electron chi connectivity index (χ0n) is 13.0. The maximum Gasteiger partial charge on any atom is 0.321 e. The van der Waals surface area contributed by atoms with E-state index in [-0.39, 0.29) is 0 Å². The van der Waals surface area contributed by atoms with Crippen LogP contribution in [0.25, 0.3) is 0 Å². The normalized spacial score (nSPS) is 18.8. The van der Waals surface area contributed by atoms with Gasteiger partial charge in [-0.25, -0.2) is 9.97 Å².